The smallest absolute Gasteiger partial charge is 0.0666 e. The first-order chi connectivity index (χ1) is 5.74. The van der Waals surface area contributed by atoms with Crippen molar-refractivity contribution >= 4 is 11.8 Å². The molecule has 1 fully saturated rings. The van der Waals surface area contributed by atoms with Crippen LogP contribution in [0.25, 0.3) is 0 Å². The summed E-state index contributed by atoms with van der Waals surface area (Å²) in [4.78, 5) is 0. The molecule has 0 spiro atoms. The minimum Gasteiger partial charge on any atom is -0.377 e. The SMILES string of the molecule is CC(CN)CSC1CCOC1C. The van der Waals surface area contributed by atoms with Gasteiger partial charge in [0, 0.05) is 11.9 Å². The topological polar surface area (TPSA) is 35.2 Å². The van der Waals surface area contributed by atoms with Crippen molar-refractivity contribution in [3.8, 4) is 0 Å². The quantitative estimate of drug-likeness (QED) is 0.728. The van der Waals surface area contributed by atoms with Crippen LogP contribution in [0.5, 0.6) is 0 Å². The van der Waals surface area contributed by atoms with E-state index in [1.807, 2.05) is 11.8 Å². The summed E-state index contributed by atoms with van der Waals surface area (Å²) >= 11 is 2.02. The molecule has 0 aliphatic carbocycles. The molecule has 2 nitrogen and oxygen atoms in total. The van der Waals surface area contributed by atoms with E-state index in [0.717, 1.165) is 13.2 Å². The van der Waals surface area contributed by atoms with E-state index in [1.165, 1.54) is 12.2 Å². The molecule has 0 saturated carbocycles. The Morgan fingerprint density at radius 3 is 2.92 bits per heavy atom. The summed E-state index contributed by atoms with van der Waals surface area (Å²) in [6.07, 6.45) is 1.66. The van der Waals surface area contributed by atoms with Gasteiger partial charge in [-0.25, -0.2) is 0 Å². The van der Waals surface area contributed by atoms with Gasteiger partial charge in [-0.2, -0.15) is 11.8 Å². The average molecular weight is 189 g/mol. The fourth-order valence-electron chi connectivity index (χ4n) is 1.29. The van der Waals surface area contributed by atoms with Crippen molar-refractivity contribution in [2.24, 2.45) is 11.7 Å². The predicted molar refractivity (Wildman–Crippen MR) is 54.5 cm³/mol. The highest BCUT2D eigenvalue weighted by Gasteiger charge is 2.24. The summed E-state index contributed by atoms with van der Waals surface area (Å²) in [7, 11) is 0. The van der Waals surface area contributed by atoms with Gasteiger partial charge in [0.1, 0.15) is 0 Å². The van der Waals surface area contributed by atoms with Crippen molar-refractivity contribution in [3.05, 3.63) is 0 Å². The van der Waals surface area contributed by atoms with Crippen LogP contribution in [-0.4, -0.2) is 30.3 Å². The first-order valence-electron chi connectivity index (χ1n) is 4.67. The van der Waals surface area contributed by atoms with Gasteiger partial charge in [-0.3, -0.25) is 0 Å². The van der Waals surface area contributed by atoms with Crippen LogP contribution in [0, 0.1) is 5.92 Å². The van der Waals surface area contributed by atoms with E-state index in [0.29, 0.717) is 17.3 Å². The van der Waals surface area contributed by atoms with Crippen molar-refractivity contribution in [2.45, 2.75) is 31.6 Å². The Morgan fingerprint density at radius 2 is 2.42 bits per heavy atom. The zero-order chi connectivity index (χ0) is 8.97. The van der Waals surface area contributed by atoms with Crippen LogP contribution in [-0.2, 0) is 4.74 Å². The number of nitrogens with two attached hydrogens (primary N) is 1. The van der Waals surface area contributed by atoms with Gasteiger partial charge >= 0.3 is 0 Å². The Bertz CT molecular complexity index is 132. The third kappa shape index (κ3) is 2.96. The van der Waals surface area contributed by atoms with E-state index in [2.05, 4.69) is 13.8 Å². The first-order valence-corrected chi connectivity index (χ1v) is 5.72. The molecule has 1 aliphatic rings. The lowest BCUT2D eigenvalue weighted by molar-refractivity contribution is 0.127. The Hall–Kier alpha value is 0.270. The van der Waals surface area contributed by atoms with Gasteiger partial charge in [-0.1, -0.05) is 6.92 Å². The maximum absolute atomic E-state index is 5.55. The van der Waals surface area contributed by atoms with Crippen LogP contribution in [0.3, 0.4) is 0 Å². The van der Waals surface area contributed by atoms with Crippen LogP contribution < -0.4 is 5.73 Å². The molecule has 1 aliphatic heterocycles. The number of hydrogen-bond acceptors (Lipinski definition) is 3. The highest BCUT2D eigenvalue weighted by molar-refractivity contribution is 7.99. The molecule has 72 valence electrons. The molecule has 0 aromatic heterocycles. The Morgan fingerprint density at radius 1 is 1.67 bits per heavy atom. The maximum atomic E-state index is 5.55. The molecule has 2 N–H and O–H groups in total. The molecule has 3 atom stereocenters. The van der Waals surface area contributed by atoms with Crippen LogP contribution in [0.2, 0.25) is 0 Å². The zero-order valence-electron chi connectivity index (χ0n) is 7.95. The fraction of sp³-hybridized carbons (Fsp3) is 1.00. The zero-order valence-corrected chi connectivity index (χ0v) is 8.77. The van der Waals surface area contributed by atoms with Crippen molar-refractivity contribution in [1.82, 2.24) is 0 Å². The summed E-state index contributed by atoms with van der Waals surface area (Å²) in [6.45, 7) is 6.11. The first kappa shape index (κ1) is 10.4. The predicted octanol–water partition coefficient (Wildman–Crippen LogP) is 1.49. The van der Waals surface area contributed by atoms with Gasteiger partial charge in [0.15, 0.2) is 0 Å². The molecule has 1 saturated heterocycles. The molecular formula is C9H19NOS. The number of hydrogen-bond donors (Lipinski definition) is 1. The van der Waals surface area contributed by atoms with Crippen molar-refractivity contribution in [3.63, 3.8) is 0 Å². The Balaban J connectivity index is 2.13. The largest absolute Gasteiger partial charge is 0.377 e. The molecule has 0 bridgehead atoms. The van der Waals surface area contributed by atoms with E-state index >= 15 is 0 Å². The second-order valence-electron chi connectivity index (χ2n) is 3.58. The van der Waals surface area contributed by atoms with Crippen molar-refractivity contribution < 1.29 is 4.74 Å². The molecule has 1 heterocycles. The minimum absolute atomic E-state index is 0.444. The molecule has 3 unspecified atom stereocenters. The van der Waals surface area contributed by atoms with Gasteiger partial charge < -0.3 is 10.5 Å². The van der Waals surface area contributed by atoms with Gasteiger partial charge in [0.25, 0.3) is 0 Å². The van der Waals surface area contributed by atoms with Gasteiger partial charge in [-0.15, -0.1) is 0 Å². The number of rotatable bonds is 4. The van der Waals surface area contributed by atoms with E-state index in [9.17, 15) is 0 Å². The summed E-state index contributed by atoms with van der Waals surface area (Å²) in [6, 6.07) is 0. The molecule has 1 rings (SSSR count). The number of thioether (sulfide) groups is 1. The maximum Gasteiger partial charge on any atom is 0.0666 e. The third-order valence-corrected chi connectivity index (χ3v) is 4.11. The normalized spacial score (nSPS) is 32.2. The monoisotopic (exact) mass is 189 g/mol. The second kappa shape index (κ2) is 5.10. The van der Waals surface area contributed by atoms with Crippen LogP contribution in [0.4, 0.5) is 0 Å². The molecule has 0 aromatic carbocycles. The summed E-state index contributed by atoms with van der Waals surface area (Å²) in [5.74, 6) is 1.82. The van der Waals surface area contributed by atoms with Gasteiger partial charge in [0.2, 0.25) is 0 Å². The lowest BCUT2D eigenvalue weighted by Gasteiger charge is -2.15. The van der Waals surface area contributed by atoms with Crippen LogP contribution in [0.1, 0.15) is 20.3 Å². The molecule has 0 aromatic rings. The molecule has 0 amide bonds. The lowest BCUT2D eigenvalue weighted by atomic mass is 10.2. The van der Waals surface area contributed by atoms with Crippen LogP contribution >= 0.6 is 11.8 Å². The van der Waals surface area contributed by atoms with E-state index in [4.69, 9.17) is 10.5 Å². The van der Waals surface area contributed by atoms with Crippen LogP contribution in [0.15, 0.2) is 0 Å². The van der Waals surface area contributed by atoms with Gasteiger partial charge in [-0.05, 0) is 31.6 Å². The summed E-state index contributed by atoms with van der Waals surface area (Å²) in [5.41, 5.74) is 5.55. The Labute approximate surface area is 79.2 Å². The van der Waals surface area contributed by atoms with Gasteiger partial charge in [0.05, 0.1) is 6.10 Å². The lowest BCUT2D eigenvalue weighted by Crippen LogP contribution is -2.18. The summed E-state index contributed by atoms with van der Waals surface area (Å²) < 4.78 is 5.48. The molecule has 3 heteroatoms. The highest BCUT2D eigenvalue weighted by atomic mass is 32.2. The Kier molecular flexibility index (Phi) is 4.40. The average Bonchev–Trinajstić information content (AvgIpc) is 2.47. The third-order valence-electron chi connectivity index (χ3n) is 2.30. The highest BCUT2D eigenvalue weighted by Crippen LogP contribution is 2.27. The van der Waals surface area contributed by atoms with E-state index in [-0.39, 0.29) is 0 Å². The number of ether oxygens (including phenoxy) is 1. The minimum atomic E-state index is 0.444. The van der Waals surface area contributed by atoms with E-state index < -0.39 is 0 Å². The fourth-order valence-corrected chi connectivity index (χ4v) is 2.61. The van der Waals surface area contributed by atoms with E-state index in [1.54, 1.807) is 0 Å². The second-order valence-corrected chi connectivity index (χ2v) is 4.85. The standard InChI is InChI=1S/C9H19NOS/c1-7(5-10)6-12-9-3-4-11-8(9)2/h7-9H,3-6,10H2,1-2H3. The van der Waals surface area contributed by atoms with Crippen molar-refractivity contribution in [2.75, 3.05) is 18.9 Å². The molecular weight excluding hydrogens is 170 g/mol. The molecule has 0 radical (unpaired) electrons. The molecule has 12 heavy (non-hydrogen) atoms. The summed E-state index contributed by atoms with van der Waals surface area (Å²) in [5, 5.41) is 0.707. The van der Waals surface area contributed by atoms with Crippen molar-refractivity contribution in [1.29, 1.82) is 0 Å².